The van der Waals surface area contributed by atoms with Crippen molar-refractivity contribution in [2.75, 3.05) is 13.1 Å². The maximum Gasteiger partial charge on any atom is 0.209 e. The molecular weight excluding hydrogens is 286 g/mol. The molecule has 118 valence electrons. The van der Waals surface area contributed by atoms with Crippen molar-refractivity contribution in [1.82, 2.24) is 4.90 Å². The number of carbonyl (C=O) groups is 2. The topological polar surface area (TPSA) is 37.4 Å². The summed E-state index contributed by atoms with van der Waals surface area (Å²) in [5.41, 5.74) is 5.35. The van der Waals surface area contributed by atoms with Crippen LogP contribution in [0, 0.1) is 0 Å². The van der Waals surface area contributed by atoms with E-state index in [9.17, 15) is 9.59 Å². The molecule has 0 radical (unpaired) electrons. The second-order valence-electron chi connectivity index (χ2n) is 6.06. The van der Waals surface area contributed by atoms with Crippen LogP contribution >= 0.6 is 0 Å². The SMILES string of the molecule is CCc1ccccc1-c1ccc(C2CCN(C=O)C2)c(C=O)c1. The molecule has 0 spiro atoms. The highest BCUT2D eigenvalue weighted by Crippen LogP contribution is 2.32. The van der Waals surface area contributed by atoms with Gasteiger partial charge in [-0.05, 0) is 41.2 Å². The molecule has 0 bridgehead atoms. The number of aldehydes is 1. The first-order chi connectivity index (χ1) is 11.3. The molecular formula is C20H21NO2. The Kier molecular flexibility index (Phi) is 4.56. The van der Waals surface area contributed by atoms with Crippen molar-refractivity contribution in [3.05, 3.63) is 59.2 Å². The summed E-state index contributed by atoms with van der Waals surface area (Å²) in [6.45, 7) is 3.61. The average Bonchev–Trinajstić information content (AvgIpc) is 3.10. The van der Waals surface area contributed by atoms with Crippen molar-refractivity contribution in [3.8, 4) is 11.1 Å². The zero-order chi connectivity index (χ0) is 16.2. The molecule has 3 nitrogen and oxygen atoms in total. The standard InChI is InChI=1S/C20H21NO2/c1-2-15-5-3-4-6-19(15)16-7-8-20(18(11-16)13-22)17-9-10-21(12-17)14-23/h3-8,11,13-14,17H,2,9-10,12H2,1H3. The summed E-state index contributed by atoms with van der Waals surface area (Å²) in [5, 5.41) is 0. The van der Waals surface area contributed by atoms with Crippen LogP contribution in [0.4, 0.5) is 0 Å². The van der Waals surface area contributed by atoms with Gasteiger partial charge in [0.25, 0.3) is 0 Å². The molecule has 3 rings (SSSR count). The molecule has 2 aromatic rings. The van der Waals surface area contributed by atoms with E-state index in [4.69, 9.17) is 0 Å². The Hall–Kier alpha value is -2.42. The highest BCUT2D eigenvalue weighted by Gasteiger charge is 2.24. The summed E-state index contributed by atoms with van der Waals surface area (Å²) in [7, 11) is 0. The Balaban J connectivity index is 1.97. The monoisotopic (exact) mass is 307 g/mol. The van der Waals surface area contributed by atoms with Gasteiger partial charge in [-0.1, -0.05) is 43.3 Å². The molecule has 1 fully saturated rings. The Bertz CT molecular complexity index is 723. The van der Waals surface area contributed by atoms with E-state index in [-0.39, 0.29) is 5.92 Å². The van der Waals surface area contributed by atoms with Crippen molar-refractivity contribution >= 4 is 12.7 Å². The largest absolute Gasteiger partial charge is 0.345 e. The van der Waals surface area contributed by atoms with Gasteiger partial charge in [0.2, 0.25) is 6.41 Å². The third-order valence-corrected chi connectivity index (χ3v) is 4.73. The number of nitrogens with zero attached hydrogens (tertiary/aromatic N) is 1. The van der Waals surface area contributed by atoms with Crippen LogP contribution in [0.1, 0.15) is 40.7 Å². The molecule has 1 amide bonds. The van der Waals surface area contributed by atoms with Crippen LogP contribution < -0.4 is 0 Å². The minimum Gasteiger partial charge on any atom is -0.345 e. The Morgan fingerprint density at radius 2 is 2.00 bits per heavy atom. The fourth-order valence-corrected chi connectivity index (χ4v) is 3.46. The normalized spacial score (nSPS) is 17.3. The van der Waals surface area contributed by atoms with Gasteiger partial charge in [-0.2, -0.15) is 0 Å². The molecule has 23 heavy (non-hydrogen) atoms. The zero-order valence-electron chi connectivity index (χ0n) is 13.4. The minimum atomic E-state index is 0.260. The van der Waals surface area contributed by atoms with Gasteiger partial charge >= 0.3 is 0 Å². The van der Waals surface area contributed by atoms with Crippen LogP contribution in [0.5, 0.6) is 0 Å². The second kappa shape index (κ2) is 6.78. The van der Waals surface area contributed by atoms with Gasteiger partial charge in [0.15, 0.2) is 0 Å². The first-order valence-electron chi connectivity index (χ1n) is 8.13. The summed E-state index contributed by atoms with van der Waals surface area (Å²) in [5.74, 6) is 0.260. The van der Waals surface area contributed by atoms with Gasteiger partial charge < -0.3 is 4.90 Å². The first kappa shape index (κ1) is 15.5. The predicted molar refractivity (Wildman–Crippen MR) is 91.6 cm³/mol. The third-order valence-electron chi connectivity index (χ3n) is 4.73. The number of hydrogen-bond donors (Lipinski definition) is 0. The lowest BCUT2D eigenvalue weighted by molar-refractivity contribution is -0.117. The van der Waals surface area contributed by atoms with Crippen LogP contribution in [0.3, 0.4) is 0 Å². The van der Waals surface area contributed by atoms with E-state index >= 15 is 0 Å². The van der Waals surface area contributed by atoms with E-state index in [1.807, 2.05) is 18.2 Å². The van der Waals surface area contributed by atoms with Crippen LogP contribution in [0.25, 0.3) is 11.1 Å². The molecule has 0 aliphatic carbocycles. The van der Waals surface area contributed by atoms with Crippen LogP contribution in [0.15, 0.2) is 42.5 Å². The highest BCUT2D eigenvalue weighted by molar-refractivity contribution is 5.82. The average molecular weight is 307 g/mol. The van der Waals surface area contributed by atoms with E-state index in [0.717, 1.165) is 48.8 Å². The number of aryl methyl sites for hydroxylation is 1. The number of carbonyl (C=O) groups excluding carboxylic acids is 2. The Labute approximate surface area is 136 Å². The van der Waals surface area contributed by atoms with Gasteiger partial charge in [0.1, 0.15) is 6.29 Å². The fraction of sp³-hybridized carbons (Fsp3) is 0.300. The highest BCUT2D eigenvalue weighted by atomic mass is 16.1. The van der Waals surface area contributed by atoms with Gasteiger partial charge in [-0.25, -0.2) is 0 Å². The van der Waals surface area contributed by atoms with E-state index in [2.05, 4.69) is 31.2 Å². The summed E-state index contributed by atoms with van der Waals surface area (Å²) in [6, 6.07) is 14.5. The maximum atomic E-state index is 11.6. The molecule has 1 aliphatic heterocycles. The lowest BCUT2D eigenvalue weighted by atomic mass is 9.90. The van der Waals surface area contributed by atoms with Gasteiger partial charge in [0, 0.05) is 24.6 Å². The molecule has 0 aromatic heterocycles. The van der Waals surface area contributed by atoms with E-state index in [1.54, 1.807) is 4.90 Å². The second-order valence-corrected chi connectivity index (χ2v) is 6.06. The van der Waals surface area contributed by atoms with Gasteiger partial charge in [0.05, 0.1) is 0 Å². The summed E-state index contributed by atoms with van der Waals surface area (Å²) >= 11 is 0. The fourth-order valence-electron chi connectivity index (χ4n) is 3.46. The van der Waals surface area contributed by atoms with E-state index in [1.165, 1.54) is 11.1 Å². The lowest BCUT2D eigenvalue weighted by Gasteiger charge is -2.15. The molecule has 0 N–H and O–H groups in total. The molecule has 1 heterocycles. The predicted octanol–water partition coefficient (Wildman–Crippen LogP) is 3.67. The lowest BCUT2D eigenvalue weighted by Crippen LogP contribution is -2.17. The summed E-state index contributed by atoms with van der Waals surface area (Å²) in [6.07, 6.45) is 3.72. The van der Waals surface area contributed by atoms with Crippen LogP contribution in [0.2, 0.25) is 0 Å². The van der Waals surface area contributed by atoms with E-state index in [0.29, 0.717) is 6.54 Å². The number of hydrogen-bond acceptors (Lipinski definition) is 2. The number of rotatable bonds is 5. The van der Waals surface area contributed by atoms with Crippen LogP contribution in [-0.2, 0) is 11.2 Å². The zero-order valence-corrected chi connectivity index (χ0v) is 13.4. The molecule has 1 aliphatic rings. The van der Waals surface area contributed by atoms with E-state index < -0.39 is 0 Å². The Morgan fingerprint density at radius 1 is 1.17 bits per heavy atom. The smallest absolute Gasteiger partial charge is 0.209 e. The number of benzene rings is 2. The number of amides is 1. The Morgan fingerprint density at radius 3 is 2.70 bits per heavy atom. The molecule has 1 unspecified atom stereocenters. The molecule has 1 atom stereocenters. The quantitative estimate of drug-likeness (QED) is 0.790. The third kappa shape index (κ3) is 3.04. The molecule has 1 saturated heterocycles. The van der Waals surface area contributed by atoms with Crippen LogP contribution in [-0.4, -0.2) is 30.7 Å². The molecule has 3 heteroatoms. The van der Waals surface area contributed by atoms with Crippen molar-refractivity contribution < 1.29 is 9.59 Å². The van der Waals surface area contributed by atoms with Gasteiger partial charge in [-0.15, -0.1) is 0 Å². The summed E-state index contributed by atoms with van der Waals surface area (Å²) in [4.78, 5) is 24.3. The number of likely N-dealkylation sites (tertiary alicyclic amines) is 1. The molecule has 0 saturated carbocycles. The first-order valence-corrected chi connectivity index (χ1v) is 8.13. The van der Waals surface area contributed by atoms with Crippen molar-refractivity contribution in [1.29, 1.82) is 0 Å². The maximum absolute atomic E-state index is 11.6. The van der Waals surface area contributed by atoms with Crippen molar-refractivity contribution in [2.24, 2.45) is 0 Å². The van der Waals surface area contributed by atoms with Crippen molar-refractivity contribution in [2.45, 2.75) is 25.7 Å². The molecule has 2 aromatic carbocycles. The van der Waals surface area contributed by atoms with Gasteiger partial charge in [-0.3, -0.25) is 9.59 Å². The summed E-state index contributed by atoms with van der Waals surface area (Å²) < 4.78 is 0. The minimum absolute atomic E-state index is 0.260. The van der Waals surface area contributed by atoms with Crippen molar-refractivity contribution in [3.63, 3.8) is 0 Å².